The lowest BCUT2D eigenvalue weighted by Crippen LogP contribution is -2.54. The number of thiophene rings is 1. The molecule has 0 saturated carbocycles. The number of aromatic nitrogens is 1. The predicted molar refractivity (Wildman–Crippen MR) is 124 cm³/mol. The molecule has 0 aliphatic carbocycles. The van der Waals surface area contributed by atoms with Crippen LogP contribution in [-0.2, 0) is 19.6 Å². The van der Waals surface area contributed by atoms with Crippen molar-refractivity contribution >= 4 is 39.0 Å². The van der Waals surface area contributed by atoms with Crippen LogP contribution in [0, 0.1) is 5.92 Å². The summed E-state index contributed by atoms with van der Waals surface area (Å²) in [5.74, 6) is -1.36. The molecule has 1 unspecified atom stereocenters. The lowest BCUT2D eigenvalue weighted by molar-refractivity contribution is -0.129. The van der Waals surface area contributed by atoms with E-state index in [1.54, 1.807) is 29.0 Å². The Bertz CT molecular complexity index is 1070. The van der Waals surface area contributed by atoms with Crippen molar-refractivity contribution in [3.63, 3.8) is 0 Å². The average Bonchev–Trinajstić information content (AvgIpc) is 3.29. The molecular weight excluding hydrogens is 464 g/mol. The number of Topliss-reactive ketones (excluding diaryl/α,β-unsaturated/α-hetero) is 1. The summed E-state index contributed by atoms with van der Waals surface area (Å²) in [7, 11) is -3.91. The second-order valence-electron chi connectivity index (χ2n) is 8.02. The van der Waals surface area contributed by atoms with E-state index in [9.17, 15) is 22.8 Å². The van der Waals surface area contributed by atoms with Gasteiger partial charge in [-0.1, -0.05) is 26.3 Å². The number of pyridine rings is 1. The van der Waals surface area contributed by atoms with Crippen LogP contribution in [0.4, 0.5) is 0 Å². The lowest BCUT2D eigenvalue weighted by atomic mass is 9.97. The number of rotatable bonds is 8. The summed E-state index contributed by atoms with van der Waals surface area (Å²) < 4.78 is 26.8. The summed E-state index contributed by atoms with van der Waals surface area (Å²) in [6.45, 7) is 3.58. The third-order valence-corrected chi connectivity index (χ3v) is 8.19. The van der Waals surface area contributed by atoms with Crippen LogP contribution in [0.1, 0.15) is 43.5 Å². The Morgan fingerprint density at radius 1 is 1.30 bits per heavy atom. The molecule has 0 spiro atoms. The molecule has 0 radical (unpaired) electrons. The largest absolute Gasteiger partial charge is 0.344 e. The molecule has 3 rings (SSSR count). The number of carbonyl (C=O) groups is 3. The highest BCUT2D eigenvalue weighted by Gasteiger charge is 2.35. The Kier molecular flexibility index (Phi) is 8.33. The molecule has 2 amide bonds. The normalized spacial score (nSPS) is 19.3. The van der Waals surface area contributed by atoms with Crippen LogP contribution in [0.2, 0.25) is 0 Å². The summed E-state index contributed by atoms with van der Waals surface area (Å²) in [6.07, 6.45) is 2.74. The Hall–Kier alpha value is -2.63. The number of hydrogen-bond acceptors (Lipinski definition) is 7. The second kappa shape index (κ2) is 11.0. The summed E-state index contributed by atoms with van der Waals surface area (Å²) in [6, 6.07) is 4.61. The highest BCUT2D eigenvalue weighted by molar-refractivity contribution is 7.89. The molecule has 1 aliphatic heterocycles. The smallest absolute Gasteiger partial charge is 0.260 e. The second-order valence-corrected chi connectivity index (χ2v) is 10.7. The predicted octanol–water partition coefficient (Wildman–Crippen LogP) is 1.83. The van der Waals surface area contributed by atoms with Crippen LogP contribution in [0.25, 0.3) is 0 Å². The fourth-order valence-corrected chi connectivity index (χ4v) is 5.58. The van der Waals surface area contributed by atoms with Crippen molar-refractivity contribution < 1.29 is 22.8 Å². The first-order chi connectivity index (χ1) is 15.7. The van der Waals surface area contributed by atoms with Crippen LogP contribution in [0.5, 0.6) is 0 Å². The molecule has 0 bridgehead atoms. The van der Waals surface area contributed by atoms with Crippen molar-refractivity contribution in [3.8, 4) is 0 Å². The summed E-state index contributed by atoms with van der Waals surface area (Å²) in [5, 5.41) is 8.89. The zero-order chi connectivity index (χ0) is 24.0. The van der Waals surface area contributed by atoms with Crippen molar-refractivity contribution in [2.24, 2.45) is 5.92 Å². The minimum atomic E-state index is -3.91. The molecule has 2 aromatic rings. The van der Waals surface area contributed by atoms with E-state index in [1.165, 1.54) is 23.6 Å². The fourth-order valence-electron chi connectivity index (χ4n) is 3.57. The molecule has 2 N–H and O–H groups in total. The van der Waals surface area contributed by atoms with Crippen LogP contribution in [0.3, 0.4) is 0 Å². The number of ketones is 1. The Morgan fingerprint density at radius 2 is 2.09 bits per heavy atom. The van der Waals surface area contributed by atoms with E-state index in [1.807, 2.05) is 13.8 Å². The van der Waals surface area contributed by atoms with Gasteiger partial charge in [0, 0.05) is 18.1 Å². The number of sulfonamides is 1. The van der Waals surface area contributed by atoms with Gasteiger partial charge in [-0.3, -0.25) is 14.4 Å². The summed E-state index contributed by atoms with van der Waals surface area (Å²) in [5.41, 5.74) is 0.474. The highest BCUT2D eigenvalue weighted by atomic mass is 32.2. The van der Waals surface area contributed by atoms with Gasteiger partial charge in [-0.05, 0) is 42.3 Å². The Labute approximate surface area is 197 Å². The van der Waals surface area contributed by atoms with Crippen molar-refractivity contribution in [3.05, 3.63) is 46.8 Å². The van der Waals surface area contributed by atoms with Crippen molar-refractivity contribution in [2.75, 3.05) is 13.1 Å². The Morgan fingerprint density at radius 3 is 2.73 bits per heavy atom. The zero-order valence-electron chi connectivity index (χ0n) is 18.6. The molecule has 2 aromatic heterocycles. The van der Waals surface area contributed by atoms with Crippen LogP contribution in [0.15, 0.2) is 46.2 Å². The standard InChI is InChI=1S/C22H28N4O5S2/c1-3-15(2)20(25-21(28)16-9-12-32-14-16)22(29)24-17-7-6-11-26(13-18(17)27)33(30,31)19-8-4-5-10-23-19/h4-5,8-10,12,14-15,17,20H,3,6-7,11,13H2,1-2H3,(H,24,29)(H,25,28)/t15-,17?,20+/m1/s1. The quantitative estimate of drug-likeness (QED) is 0.579. The first-order valence-electron chi connectivity index (χ1n) is 10.8. The van der Waals surface area contributed by atoms with Gasteiger partial charge >= 0.3 is 0 Å². The number of hydrogen-bond donors (Lipinski definition) is 2. The third-order valence-electron chi connectivity index (χ3n) is 5.75. The minimum absolute atomic E-state index is 0.117. The number of carbonyl (C=O) groups excluding carboxylic acids is 3. The highest BCUT2D eigenvalue weighted by Crippen LogP contribution is 2.18. The lowest BCUT2D eigenvalue weighted by Gasteiger charge is -2.26. The van der Waals surface area contributed by atoms with Gasteiger partial charge in [-0.25, -0.2) is 13.4 Å². The molecule has 9 nitrogen and oxygen atoms in total. The number of nitrogens with zero attached hydrogens (tertiary/aromatic N) is 2. The van der Waals surface area contributed by atoms with E-state index in [2.05, 4.69) is 15.6 Å². The SMILES string of the molecule is CC[C@@H](C)[C@H](NC(=O)c1ccsc1)C(=O)NC1CCCN(S(=O)(=O)c2ccccn2)CC1=O. The number of nitrogens with one attached hydrogen (secondary N) is 2. The van der Waals surface area contributed by atoms with Crippen LogP contribution >= 0.6 is 11.3 Å². The molecule has 178 valence electrons. The van der Waals surface area contributed by atoms with Gasteiger partial charge in [0.15, 0.2) is 10.8 Å². The van der Waals surface area contributed by atoms with E-state index in [4.69, 9.17) is 0 Å². The van der Waals surface area contributed by atoms with E-state index in [0.717, 1.165) is 4.31 Å². The van der Waals surface area contributed by atoms with Gasteiger partial charge in [0.25, 0.3) is 15.9 Å². The maximum atomic E-state index is 13.1. The molecule has 1 aliphatic rings. The topological polar surface area (TPSA) is 126 Å². The minimum Gasteiger partial charge on any atom is -0.344 e. The summed E-state index contributed by atoms with van der Waals surface area (Å²) >= 11 is 1.38. The molecule has 1 fully saturated rings. The van der Waals surface area contributed by atoms with Gasteiger partial charge in [0.1, 0.15) is 6.04 Å². The first kappa shape index (κ1) is 25.0. The van der Waals surface area contributed by atoms with Crippen molar-refractivity contribution in [1.29, 1.82) is 0 Å². The molecular formula is C22H28N4O5S2. The monoisotopic (exact) mass is 492 g/mol. The van der Waals surface area contributed by atoms with Gasteiger partial charge in [-0.2, -0.15) is 15.6 Å². The molecule has 0 aromatic carbocycles. The summed E-state index contributed by atoms with van der Waals surface area (Å²) in [4.78, 5) is 42.3. The molecule has 33 heavy (non-hydrogen) atoms. The van der Waals surface area contributed by atoms with Gasteiger partial charge < -0.3 is 10.6 Å². The average molecular weight is 493 g/mol. The maximum Gasteiger partial charge on any atom is 0.260 e. The van der Waals surface area contributed by atoms with Crippen LogP contribution in [-0.4, -0.2) is 60.5 Å². The fraction of sp³-hybridized carbons (Fsp3) is 0.455. The van der Waals surface area contributed by atoms with Crippen LogP contribution < -0.4 is 10.6 Å². The van der Waals surface area contributed by atoms with Crippen molar-refractivity contribution in [2.45, 2.75) is 50.2 Å². The molecule has 3 heterocycles. The maximum absolute atomic E-state index is 13.1. The zero-order valence-corrected chi connectivity index (χ0v) is 20.2. The van der Waals surface area contributed by atoms with Gasteiger partial charge in [0.05, 0.1) is 18.2 Å². The van der Waals surface area contributed by atoms with E-state index < -0.39 is 33.8 Å². The first-order valence-corrected chi connectivity index (χ1v) is 13.2. The van der Waals surface area contributed by atoms with E-state index >= 15 is 0 Å². The van der Waals surface area contributed by atoms with Gasteiger partial charge in [-0.15, -0.1) is 0 Å². The van der Waals surface area contributed by atoms with E-state index in [-0.39, 0.29) is 29.9 Å². The van der Waals surface area contributed by atoms with Crippen molar-refractivity contribution in [1.82, 2.24) is 19.9 Å². The molecule has 1 saturated heterocycles. The van der Waals surface area contributed by atoms with E-state index in [0.29, 0.717) is 24.8 Å². The Balaban J connectivity index is 1.69. The third kappa shape index (κ3) is 6.04. The molecule has 3 atom stereocenters. The van der Waals surface area contributed by atoms with Gasteiger partial charge in [0.2, 0.25) is 5.91 Å². The molecule has 11 heteroatoms. The number of amides is 2.